The van der Waals surface area contributed by atoms with Gasteiger partial charge in [-0.2, -0.15) is 4.98 Å². The Labute approximate surface area is 158 Å². The Kier molecular flexibility index (Phi) is 5.71. The second-order valence-electron chi connectivity index (χ2n) is 6.09. The van der Waals surface area contributed by atoms with Crippen molar-refractivity contribution in [3.63, 3.8) is 0 Å². The second kappa shape index (κ2) is 8.35. The number of anilines is 1. The SMILES string of the molecule is CCOc1ccccc1CNC(=O)c1nc(-c2ccc(N(C)C)cc2)no1. The Bertz CT molecular complexity index is 904. The van der Waals surface area contributed by atoms with E-state index < -0.39 is 5.91 Å². The van der Waals surface area contributed by atoms with Gasteiger partial charge in [-0.25, -0.2) is 0 Å². The van der Waals surface area contributed by atoms with Crippen molar-refractivity contribution in [3.8, 4) is 17.1 Å². The molecule has 1 aromatic heterocycles. The molecule has 3 rings (SSSR count). The van der Waals surface area contributed by atoms with Crippen molar-refractivity contribution in [2.75, 3.05) is 25.6 Å². The number of rotatable bonds is 7. The van der Waals surface area contributed by atoms with Crippen molar-refractivity contribution < 1.29 is 14.1 Å². The van der Waals surface area contributed by atoms with Gasteiger partial charge in [0, 0.05) is 37.5 Å². The summed E-state index contributed by atoms with van der Waals surface area (Å²) in [5, 5.41) is 6.68. The Balaban J connectivity index is 1.67. The summed E-state index contributed by atoms with van der Waals surface area (Å²) in [5.74, 6) is 0.619. The summed E-state index contributed by atoms with van der Waals surface area (Å²) >= 11 is 0. The van der Waals surface area contributed by atoms with Gasteiger partial charge in [0.05, 0.1) is 6.61 Å². The third-order valence-electron chi connectivity index (χ3n) is 3.97. The smallest absolute Gasteiger partial charge is 0.316 e. The summed E-state index contributed by atoms with van der Waals surface area (Å²) in [6.07, 6.45) is 0. The number of carbonyl (C=O) groups is 1. The van der Waals surface area contributed by atoms with E-state index >= 15 is 0 Å². The topological polar surface area (TPSA) is 80.5 Å². The van der Waals surface area contributed by atoms with E-state index in [0.717, 1.165) is 22.6 Å². The molecule has 0 atom stereocenters. The minimum absolute atomic E-state index is 0.0735. The first kappa shape index (κ1) is 18.4. The third kappa shape index (κ3) is 4.44. The van der Waals surface area contributed by atoms with Crippen molar-refractivity contribution in [1.82, 2.24) is 15.5 Å². The van der Waals surface area contributed by atoms with Crippen LogP contribution in [-0.2, 0) is 6.54 Å². The first-order chi connectivity index (χ1) is 13.1. The number of nitrogens with one attached hydrogen (secondary N) is 1. The molecule has 0 saturated heterocycles. The van der Waals surface area contributed by atoms with E-state index in [4.69, 9.17) is 9.26 Å². The van der Waals surface area contributed by atoms with Gasteiger partial charge < -0.3 is 19.5 Å². The number of carbonyl (C=O) groups excluding carboxylic acids is 1. The van der Waals surface area contributed by atoms with Crippen LogP contribution in [0.1, 0.15) is 23.2 Å². The highest BCUT2D eigenvalue weighted by molar-refractivity contribution is 5.89. The fraction of sp³-hybridized carbons (Fsp3) is 0.250. The zero-order chi connectivity index (χ0) is 19.2. The molecule has 0 aliphatic heterocycles. The fourth-order valence-corrected chi connectivity index (χ4v) is 2.54. The van der Waals surface area contributed by atoms with Gasteiger partial charge in [-0.15, -0.1) is 0 Å². The van der Waals surface area contributed by atoms with E-state index in [1.165, 1.54) is 0 Å². The van der Waals surface area contributed by atoms with Crippen molar-refractivity contribution in [2.24, 2.45) is 0 Å². The molecule has 0 bridgehead atoms. The number of hydrogen-bond acceptors (Lipinski definition) is 6. The molecule has 0 fully saturated rings. The van der Waals surface area contributed by atoms with Crippen molar-refractivity contribution in [3.05, 3.63) is 60.0 Å². The van der Waals surface area contributed by atoms with Crippen molar-refractivity contribution >= 4 is 11.6 Å². The number of nitrogens with zero attached hydrogens (tertiary/aromatic N) is 3. The summed E-state index contributed by atoms with van der Waals surface area (Å²) in [5.41, 5.74) is 2.73. The molecule has 3 aromatic rings. The number of aromatic nitrogens is 2. The Hall–Kier alpha value is -3.35. The quantitative estimate of drug-likeness (QED) is 0.692. The van der Waals surface area contributed by atoms with Gasteiger partial charge in [-0.3, -0.25) is 4.79 Å². The number of amides is 1. The second-order valence-corrected chi connectivity index (χ2v) is 6.09. The molecular formula is C20H22N4O3. The van der Waals surface area contributed by atoms with Crippen LogP contribution in [0.4, 0.5) is 5.69 Å². The molecule has 27 heavy (non-hydrogen) atoms. The van der Waals surface area contributed by atoms with E-state index in [1.54, 1.807) is 0 Å². The van der Waals surface area contributed by atoms with E-state index in [2.05, 4.69) is 15.5 Å². The summed E-state index contributed by atoms with van der Waals surface area (Å²) < 4.78 is 10.7. The molecule has 0 spiro atoms. The molecule has 1 heterocycles. The van der Waals surface area contributed by atoms with E-state index in [9.17, 15) is 4.79 Å². The predicted molar refractivity (Wildman–Crippen MR) is 103 cm³/mol. The maximum atomic E-state index is 12.3. The molecule has 1 N–H and O–H groups in total. The summed E-state index contributed by atoms with van der Waals surface area (Å²) in [6, 6.07) is 15.2. The lowest BCUT2D eigenvalue weighted by Gasteiger charge is -2.11. The van der Waals surface area contributed by atoms with Gasteiger partial charge in [0.15, 0.2) is 0 Å². The van der Waals surface area contributed by atoms with Gasteiger partial charge in [-0.05, 0) is 37.3 Å². The van der Waals surface area contributed by atoms with Crippen LogP contribution in [0.25, 0.3) is 11.4 Å². The van der Waals surface area contributed by atoms with E-state index in [1.807, 2.05) is 74.4 Å². The first-order valence-corrected chi connectivity index (χ1v) is 8.69. The minimum Gasteiger partial charge on any atom is -0.494 e. The Morgan fingerprint density at radius 3 is 2.59 bits per heavy atom. The number of hydrogen-bond donors (Lipinski definition) is 1. The van der Waals surface area contributed by atoms with Crippen LogP contribution < -0.4 is 15.0 Å². The molecule has 7 heteroatoms. The molecule has 1 amide bonds. The lowest BCUT2D eigenvalue weighted by molar-refractivity contribution is 0.0906. The molecule has 0 aliphatic rings. The molecule has 0 aliphatic carbocycles. The van der Waals surface area contributed by atoms with Crippen LogP contribution in [0.5, 0.6) is 5.75 Å². The van der Waals surface area contributed by atoms with Crippen molar-refractivity contribution in [2.45, 2.75) is 13.5 Å². The summed E-state index contributed by atoms with van der Waals surface area (Å²) in [7, 11) is 3.94. The number of benzene rings is 2. The molecule has 2 aromatic carbocycles. The average Bonchev–Trinajstić information content (AvgIpc) is 3.18. The van der Waals surface area contributed by atoms with Gasteiger partial charge >= 0.3 is 11.8 Å². The molecule has 140 valence electrons. The lowest BCUT2D eigenvalue weighted by atomic mass is 10.2. The largest absolute Gasteiger partial charge is 0.494 e. The van der Waals surface area contributed by atoms with Crippen LogP contribution in [0.2, 0.25) is 0 Å². The number of ether oxygens (including phenoxy) is 1. The van der Waals surface area contributed by atoms with Crippen molar-refractivity contribution in [1.29, 1.82) is 0 Å². The molecule has 0 radical (unpaired) electrons. The van der Waals surface area contributed by atoms with Crippen LogP contribution in [0.3, 0.4) is 0 Å². The third-order valence-corrected chi connectivity index (χ3v) is 3.97. The molecule has 0 saturated carbocycles. The van der Waals surface area contributed by atoms with E-state index in [-0.39, 0.29) is 5.89 Å². The normalized spacial score (nSPS) is 10.5. The maximum Gasteiger partial charge on any atom is 0.316 e. The Morgan fingerprint density at radius 2 is 1.89 bits per heavy atom. The van der Waals surface area contributed by atoms with Gasteiger partial charge in [-0.1, -0.05) is 23.4 Å². The monoisotopic (exact) mass is 366 g/mol. The molecule has 0 unspecified atom stereocenters. The fourth-order valence-electron chi connectivity index (χ4n) is 2.54. The van der Waals surface area contributed by atoms with Gasteiger partial charge in [0.25, 0.3) is 0 Å². The maximum absolute atomic E-state index is 12.3. The van der Waals surface area contributed by atoms with Gasteiger partial charge in [0.1, 0.15) is 5.75 Å². The first-order valence-electron chi connectivity index (χ1n) is 8.69. The zero-order valence-corrected chi connectivity index (χ0v) is 15.6. The highest BCUT2D eigenvalue weighted by atomic mass is 16.5. The highest BCUT2D eigenvalue weighted by Gasteiger charge is 2.16. The minimum atomic E-state index is -0.426. The number of para-hydroxylation sites is 1. The lowest BCUT2D eigenvalue weighted by Crippen LogP contribution is -2.23. The molecular weight excluding hydrogens is 344 g/mol. The van der Waals surface area contributed by atoms with Crippen LogP contribution in [-0.4, -0.2) is 36.8 Å². The summed E-state index contributed by atoms with van der Waals surface area (Å²) in [6.45, 7) is 2.79. The van der Waals surface area contributed by atoms with Crippen LogP contribution >= 0.6 is 0 Å². The zero-order valence-electron chi connectivity index (χ0n) is 15.6. The predicted octanol–water partition coefficient (Wildman–Crippen LogP) is 3.13. The van der Waals surface area contributed by atoms with Gasteiger partial charge in [0.2, 0.25) is 5.82 Å². The van der Waals surface area contributed by atoms with Crippen LogP contribution in [0.15, 0.2) is 53.1 Å². The van der Waals surface area contributed by atoms with E-state index in [0.29, 0.717) is 19.0 Å². The van der Waals surface area contributed by atoms with Crippen LogP contribution in [0, 0.1) is 0 Å². The summed E-state index contributed by atoms with van der Waals surface area (Å²) in [4.78, 5) is 18.5. The average molecular weight is 366 g/mol. The standard InChI is InChI=1S/C20H22N4O3/c1-4-26-17-8-6-5-7-15(17)13-21-19(25)20-22-18(23-27-20)14-9-11-16(12-10-14)24(2)3/h5-12H,4,13H2,1-3H3,(H,21,25). The molecule has 7 nitrogen and oxygen atoms in total. The Morgan fingerprint density at radius 1 is 1.15 bits per heavy atom. The highest BCUT2D eigenvalue weighted by Crippen LogP contribution is 2.20.